The van der Waals surface area contributed by atoms with E-state index < -0.39 is 22.0 Å². The second-order valence-corrected chi connectivity index (χ2v) is 5.97. The number of sulfonamides is 1. The zero-order valence-electron chi connectivity index (χ0n) is 11.1. The number of aromatic carboxylic acids is 1. The summed E-state index contributed by atoms with van der Waals surface area (Å²) in [7, 11) is -3.82. The van der Waals surface area contributed by atoms with Gasteiger partial charge in [-0.1, -0.05) is 0 Å². The number of aromatic nitrogens is 2. The first kappa shape index (κ1) is 15.1. The molecule has 2 N–H and O–H groups in total. The molecule has 2 aromatic heterocycles. The zero-order valence-corrected chi connectivity index (χ0v) is 11.9. The van der Waals surface area contributed by atoms with E-state index in [-0.39, 0.29) is 10.6 Å². The van der Waals surface area contributed by atoms with Gasteiger partial charge in [-0.25, -0.2) is 22.9 Å². The highest BCUT2D eigenvalue weighted by Gasteiger charge is 2.20. The van der Waals surface area contributed by atoms with E-state index in [0.29, 0.717) is 0 Å². The highest BCUT2D eigenvalue weighted by Crippen LogP contribution is 2.15. The van der Waals surface area contributed by atoms with Crippen LogP contribution >= 0.6 is 0 Å². The highest BCUT2D eigenvalue weighted by atomic mass is 32.2. The molecule has 0 aliphatic rings. The molecule has 0 saturated carbocycles. The third-order valence-corrected chi connectivity index (χ3v) is 4.25. The topological polar surface area (TPSA) is 109 Å². The van der Waals surface area contributed by atoms with Gasteiger partial charge in [0, 0.05) is 24.6 Å². The van der Waals surface area contributed by atoms with Gasteiger partial charge in [0.05, 0.1) is 5.56 Å². The highest BCUT2D eigenvalue weighted by molar-refractivity contribution is 7.89. The Balaban J connectivity index is 2.20. The molecule has 0 radical (unpaired) electrons. The summed E-state index contributed by atoms with van der Waals surface area (Å²) >= 11 is 0. The molecule has 1 atom stereocenters. The van der Waals surface area contributed by atoms with Crippen molar-refractivity contribution in [3.05, 3.63) is 54.0 Å². The predicted molar refractivity (Wildman–Crippen MR) is 74.2 cm³/mol. The molecule has 0 spiro atoms. The van der Waals surface area contributed by atoms with Crippen molar-refractivity contribution < 1.29 is 18.3 Å². The Morgan fingerprint density at radius 1 is 1.24 bits per heavy atom. The van der Waals surface area contributed by atoms with Crippen molar-refractivity contribution in [3.63, 3.8) is 0 Å². The van der Waals surface area contributed by atoms with Crippen LogP contribution in [-0.2, 0) is 10.0 Å². The standard InChI is InChI=1S/C13H13N3O4S/c1-9(10-4-6-14-7-5-10)16-21(19,20)12-3-2-11(8-15-12)13(17)18/h2-9,16H,1H3,(H,17,18)/t9-/m0/s1. The summed E-state index contributed by atoms with van der Waals surface area (Å²) in [6.45, 7) is 1.69. The molecule has 8 heteroatoms. The molecule has 2 heterocycles. The Morgan fingerprint density at radius 3 is 2.43 bits per heavy atom. The Hall–Kier alpha value is -2.32. The number of rotatable bonds is 5. The summed E-state index contributed by atoms with van der Waals surface area (Å²) in [4.78, 5) is 18.3. The van der Waals surface area contributed by atoms with Crippen molar-refractivity contribution in [1.29, 1.82) is 0 Å². The second kappa shape index (κ2) is 5.98. The number of carboxylic acid groups (broad SMARTS) is 1. The van der Waals surface area contributed by atoms with E-state index in [0.717, 1.165) is 17.8 Å². The lowest BCUT2D eigenvalue weighted by Crippen LogP contribution is -2.27. The molecule has 7 nitrogen and oxygen atoms in total. The number of hydrogen-bond donors (Lipinski definition) is 2. The van der Waals surface area contributed by atoms with Crippen molar-refractivity contribution in [2.45, 2.75) is 18.0 Å². The summed E-state index contributed by atoms with van der Waals surface area (Å²) in [6.07, 6.45) is 4.15. The van der Waals surface area contributed by atoms with Crippen molar-refractivity contribution in [3.8, 4) is 0 Å². The van der Waals surface area contributed by atoms with Gasteiger partial charge >= 0.3 is 5.97 Å². The molecule has 0 saturated heterocycles. The van der Waals surface area contributed by atoms with Gasteiger partial charge in [0.15, 0.2) is 5.03 Å². The number of carboxylic acids is 1. The normalized spacial score (nSPS) is 12.8. The van der Waals surface area contributed by atoms with Gasteiger partial charge in [0.1, 0.15) is 0 Å². The Morgan fingerprint density at radius 2 is 1.90 bits per heavy atom. The van der Waals surface area contributed by atoms with E-state index in [1.807, 2.05) is 0 Å². The molecule has 21 heavy (non-hydrogen) atoms. The van der Waals surface area contributed by atoms with E-state index in [1.165, 1.54) is 6.07 Å². The van der Waals surface area contributed by atoms with Crippen molar-refractivity contribution in [2.24, 2.45) is 0 Å². The van der Waals surface area contributed by atoms with Gasteiger partial charge in [-0.2, -0.15) is 0 Å². The first-order chi connectivity index (χ1) is 9.90. The number of carbonyl (C=O) groups is 1. The zero-order chi connectivity index (χ0) is 15.5. The number of hydrogen-bond acceptors (Lipinski definition) is 5. The van der Waals surface area contributed by atoms with Gasteiger partial charge in [0.2, 0.25) is 0 Å². The molecule has 0 aromatic carbocycles. The van der Waals surface area contributed by atoms with Crippen LogP contribution in [0.5, 0.6) is 0 Å². The van der Waals surface area contributed by atoms with Crippen LogP contribution in [0.15, 0.2) is 47.9 Å². The molecule has 0 fully saturated rings. The molecule has 0 aliphatic heterocycles. The van der Waals surface area contributed by atoms with Crippen LogP contribution in [0.25, 0.3) is 0 Å². The average Bonchev–Trinajstić information content (AvgIpc) is 2.48. The number of nitrogens with zero attached hydrogens (tertiary/aromatic N) is 2. The maximum Gasteiger partial charge on any atom is 0.337 e. The third-order valence-electron chi connectivity index (χ3n) is 2.80. The van der Waals surface area contributed by atoms with Crippen LogP contribution in [0, 0.1) is 0 Å². The Bertz CT molecular complexity index is 730. The smallest absolute Gasteiger partial charge is 0.337 e. The van der Waals surface area contributed by atoms with E-state index in [1.54, 1.807) is 31.5 Å². The minimum atomic E-state index is -3.82. The van der Waals surface area contributed by atoms with Crippen molar-refractivity contribution in [2.75, 3.05) is 0 Å². The average molecular weight is 307 g/mol. The van der Waals surface area contributed by atoms with E-state index in [9.17, 15) is 13.2 Å². The fourth-order valence-corrected chi connectivity index (χ4v) is 2.84. The van der Waals surface area contributed by atoms with Crippen molar-refractivity contribution in [1.82, 2.24) is 14.7 Å². The van der Waals surface area contributed by atoms with Gasteiger partial charge in [-0.3, -0.25) is 4.98 Å². The van der Waals surface area contributed by atoms with E-state index in [4.69, 9.17) is 5.11 Å². The molecule has 110 valence electrons. The molecule has 0 aliphatic carbocycles. The van der Waals surface area contributed by atoms with Crippen LogP contribution in [0.2, 0.25) is 0 Å². The Kier molecular flexibility index (Phi) is 4.29. The van der Waals surface area contributed by atoms with Crippen LogP contribution in [0.3, 0.4) is 0 Å². The minimum absolute atomic E-state index is 0.0730. The minimum Gasteiger partial charge on any atom is -0.478 e. The molecule has 2 aromatic rings. The van der Waals surface area contributed by atoms with Crippen LogP contribution < -0.4 is 4.72 Å². The molecule has 0 amide bonds. The SMILES string of the molecule is C[C@H](NS(=O)(=O)c1ccc(C(=O)O)cn1)c1ccncc1. The summed E-state index contributed by atoms with van der Waals surface area (Å²) in [5.41, 5.74) is 0.687. The molecule has 0 bridgehead atoms. The summed E-state index contributed by atoms with van der Waals surface area (Å²) < 4.78 is 26.8. The fraction of sp³-hybridized carbons (Fsp3) is 0.154. The summed E-state index contributed by atoms with van der Waals surface area (Å²) in [5.74, 6) is -1.16. The molecule has 0 unspecified atom stereocenters. The molecular weight excluding hydrogens is 294 g/mol. The van der Waals surface area contributed by atoms with Gasteiger partial charge in [0.25, 0.3) is 10.0 Å². The van der Waals surface area contributed by atoms with Crippen LogP contribution in [-0.4, -0.2) is 29.5 Å². The lowest BCUT2D eigenvalue weighted by Gasteiger charge is -2.13. The quantitative estimate of drug-likeness (QED) is 0.859. The van der Waals surface area contributed by atoms with Gasteiger partial charge in [-0.05, 0) is 36.8 Å². The molecule has 2 rings (SSSR count). The fourth-order valence-electron chi connectivity index (χ4n) is 1.68. The second-order valence-electron chi connectivity index (χ2n) is 4.31. The van der Waals surface area contributed by atoms with Crippen molar-refractivity contribution >= 4 is 16.0 Å². The first-order valence-corrected chi connectivity index (χ1v) is 7.50. The third kappa shape index (κ3) is 3.61. The maximum atomic E-state index is 12.2. The first-order valence-electron chi connectivity index (χ1n) is 6.02. The summed E-state index contributed by atoms with van der Waals surface area (Å²) in [5, 5.41) is 8.53. The largest absolute Gasteiger partial charge is 0.478 e. The van der Waals surface area contributed by atoms with Gasteiger partial charge < -0.3 is 5.11 Å². The van der Waals surface area contributed by atoms with Crippen LogP contribution in [0.4, 0.5) is 0 Å². The Labute approximate surface area is 121 Å². The molecular formula is C13H13N3O4S. The van der Waals surface area contributed by atoms with E-state index in [2.05, 4.69) is 14.7 Å². The van der Waals surface area contributed by atoms with E-state index >= 15 is 0 Å². The van der Waals surface area contributed by atoms with Gasteiger partial charge in [-0.15, -0.1) is 0 Å². The lowest BCUT2D eigenvalue weighted by molar-refractivity contribution is 0.0696. The monoisotopic (exact) mass is 307 g/mol. The summed E-state index contributed by atoms with van der Waals surface area (Å²) in [6, 6.07) is 5.30. The lowest BCUT2D eigenvalue weighted by atomic mass is 10.1. The predicted octanol–water partition coefficient (Wildman–Crippen LogP) is 1.21. The van der Waals surface area contributed by atoms with Crippen LogP contribution in [0.1, 0.15) is 28.9 Å². The number of pyridine rings is 2. The number of nitrogens with one attached hydrogen (secondary N) is 1. The maximum absolute atomic E-state index is 12.2.